The van der Waals surface area contributed by atoms with Gasteiger partial charge >= 0.3 is 11.9 Å². The van der Waals surface area contributed by atoms with Crippen molar-refractivity contribution < 1.29 is 28.7 Å². The number of hydrogen-bond donors (Lipinski definition) is 1. The molecular formula is C26H29N3O6S3. The Morgan fingerprint density at radius 2 is 1.84 bits per heavy atom. The number of fused-ring (bicyclic) bond motifs is 2. The van der Waals surface area contributed by atoms with Crippen molar-refractivity contribution in [2.24, 2.45) is 4.99 Å². The number of amides is 2. The molecule has 0 saturated carbocycles. The number of aromatic nitrogens is 1. The Labute approximate surface area is 232 Å². The maximum Gasteiger partial charge on any atom is 0.341 e. The van der Waals surface area contributed by atoms with Gasteiger partial charge in [0.2, 0.25) is 5.91 Å². The topological polar surface area (TPSA) is 116 Å². The highest BCUT2D eigenvalue weighted by Crippen LogP contribution is 2.38. The lowest BCUT2D eigenvalue weighted by atomic mass is 10.1. The zero-order valence-electron chi connectivity index (χ0n) is 21.5. The summed E-state index contributed by atoms with van der Waals surface area (Å²) in [6.07, 6.45) is 4.86. The highest BCUT2D eigenvalue weighted by Gasteiger charge is 2.26. The number of esters is 2. The quantitative estimate of drug-likeness (QED) is 0.318. The Hall–Kier alpha value is -2.96. The predicted molar refractivity (Wildman–Crippen MR) is 150 cm³/mol. The van der Waals surface area contributed by atoms with Crippen LogP contribution in [0.5, 0.6) is 0 Å². The molecule has 1 aliphatic carbocycles. The normalized spacial score (nSPS) is 13.6. The van der Waals surface area contributed by atoms with Gasteiger partial charge in [-0.05, 0) is 55.9 Å². The Morgan fingerprint density at radius 3 is 2.61 bits per heavy atom. The summed E-state index contributed by atoms with van der Waals surface area (Å²) in [7, 11) is 2.65. The number of anilines is 1. The molecule has 202 valence electrons. The molecule has 3 aromatic rings. The van der Waals surface area contributed by atoms with Gasteiger partial charge in [-0.15, -0.1) is 23.1 Å². The Kier molecular flexibility index (Phi) is 9.40. The van der Waals surface area contributed by atoms with Crippen molar-refractivity contribution in [1.29, 1.82) is 0 Å². The molecule has 0 radical (unpaired) electrons. The van der Waals surface area contributed by atoms with Crippen LogP contribution in [0.25, 0.3) is 10.2 Å². The minimum atomic E-state index is -0.444. The number of ether oxygens (including phenoxy) is 2. The lowest BCUT2D eigenvalue weighted by Gasteiger charge is -2.07. The molecule has 0 saturated heterocycles. The molecular weight excluding hydrogens is 547 g/mol. The van der Waals surface area contributed by atoms with Gasteiger partial charge < -0.3 is 19.4 Å². The van der Waals surface area contributed by atoms with Crippen molar-refractivity contribution in [3.8, 4) is 0 Å². The van der Waals surface area contributed by atoms with E-state index in [1.54, 1.807) is 4.57 Å². The lowest BCUT2D eigenvalue weighted by molar-refractivity contribution is -0.141. The van der Waals surface area contributed by atoms with E-state index in [0.29, 0.717) is 15.4 Å². The highest BCUT2D eigenvalue weighted by molar-refractivity contribution is 8.00. The summed E-state index contributed by atoms with van der Waals surface area (Å²) in [5.74, 6) is -1.59. The van der Waals surface area contributed by atoms with E-state index in [2.05, 4.69) is 10.3 Å². The summed E-state index contributed by atoms with van der Waals surface area (Å²) in [6.45, 7) is 1.91. The van der Waals surface area contributed by atoms with E-state index in [-0.39, 0.29) is 24.0 Å². The van der Waals surface area contributed by atoms with Crippen molar-refractivity contribution in [2.75, 3.05) is 31.0 Å². The molecule has 38 heavy (non-hydrogen) atoms. The van der Waals surface area contributed by atoms with Crippen LogP contribution in [0.4, 0.5) is 5.00 Å². The summed E-state index contributed by atoms with van der Waals surface area (Å²) >= 11 is 3.89. The number of carbonyl (C=O) groups is 4. The smallest absolute Gasteiger partial charge is 0.341 e. The van der Waals surface area contributed by atoms with E-state index in [1.807, 2.05) is 25.1 Å². The number of carbonyl (C=O) groups excluding carboxylic acids is 4. The van der Waals surface area contributed by atoms with Gasteiger partial charge in [-0.25, -0.2) is 4.79 Å². The maximum atomic E-state index is 12.7. The zero-order chi connectivity index (χ0) is 27.2. The van der Waals surface area contributed by atoms with Gasteiger partial charge in [0.25, 0.3) is 5.91 Å². The van der Waals surface area contributed by atoms with Crippen LogP contribution in [0.2, 0.25) is 0 Å². The number of methoxy groups -OCH3 is 2. The Balaban J connectivity index is 1.43. The molecule has 2 heterocycles. The summed E-state index contributed by atoms with van der Waals surface area (Å²) in [5, 5.41) is 3.36. The van der Waals surface area contributed by atoms with Crippen LogP contribution in [0.15, 0.2) is 23.2 Å². The second kappa shape index (κ2) is 12.7. The van der Waals surface area contributed by atoms with Gasteiger partial charge in [-0.2, -0.15) is 4.99 Å². The molecule has 0 spiro atoms. The minimum Gasteiger partial charge on any atom is -0.468 e. The molecule has 0 aliphatic heterocycles. The van der Waals surface area contributed by atoms with Crippen LogP contribution < -0.4 is 10.1 Å². The minimum absolute atomic E-state index is 0.0102. The molecule has 1 aliphatic rings. The first-order valence-electron chi connectivity index (χ1n) is 12.2. The van der Waals surface area contributed by atoms with E-state index in [4.69, 9.17) is 9.47 Å². The Bertz CT molecular complexity index is 1450. The predicted octanol–water partition coefficient (Wildman–Crippen LogP) is 4.10. The maximum absolute atomic E-state index is 12.7. The molecule has 1 N–H and O–H groups in total. The van der Waals surface area contributed by atoms with Gasteiger partial charge in [-0.1, -0.05) is 23.8 Å². The van der Waals surface area contributed by atoms with Crippen molar-refractivity contribution in [2.45, 2.75) is 45.6 Å². The SMILES string of the molecule is COC(=O)Cn1c(=NC(=O)CSCC(=O)Nc2sc3c(c2C(=O)OC)CCCCC3)sc2cc(C)ccc21. The van der Waals surface area contributed by atoms with E-state index in [1.165, 1.54) is 36.9 Å². The third-order valence-electron chi connectivity index (χ3n) is 6.10. The Morgan fingerprint density at radius 1 is 1.05 bits per heavy atom. The lowest BCUT2D eigenvalue weighted by Crippen LogP contribution is -2.23. The van der Waals surface area contributed by atoms with Gasteiger partial charge in [0.05, 0.1) is 41.5 Å². The first-order chi connectivity index (χ1) is 18.3. The van der Waals surface area contributed by atoms with Crippen molar-refractivity contribution in [3.63, 3.8) is 0 Å². The molecule has 1 aromatic carbocycles. The molecule has 12 heteroatoms. The number of aryl methyl sites for hydroxylation is 2. The van der Waals surface area contributed by atoms with Crippen molar-refractivity contribution >= 4 is 73.4 Å². The van der Waals surface area contributed by atoms with Crippen LogP contribution in [0, 0.1) is 6.92 Å². The summed E-state index contributed by atoms with van der Waals surface area (Å²) < 4.78 is 12.4. The average Bonchev–Trinajstić information content (AvgIpc) is 3.29. The number of nitrogens with zero attached hydrogens (tertiary/aromatic N) is 2. The third kappa shape index (κ3) is 6.54. The molecule has 2 amide bonds. The number of thiophene rings is 1. The van der Waals surface area contributed by atoms with Gasteiger partial charge in [-0.3, -0.25) is 14.4 Å². The number of rotatable bonds is 8. The second-order valence-corrected chi connectivity index (χ2v) is 11.9. The molecule has 2 aromatic heterocycles. The fourth-order valence-corrected chi connectivity index (χ4v) is 7.33. The summed E-state index contributed by atoms with van der Waals surface area (Å²) in [4.78, 5) is 55.5. The fraction of sp³-hybridized carbons (Fsp3) is 0.423. The largest absolute Gasteiger partial charge is 0.468 e. The highest BCUT2D eigenvalue weighted by atomic mass is 32.2. The number of hydrogen-bond acceptors (Lipinski definition) is 9. The molecule has 9 nitrogen and oxygen atoms in total. The van der Waals surface area contributed by atoms with Crippen LogP contribution in [-0.2, 0) is 43.2 Å². The number of benzene rings is 1. The number of thiazole rings is 1. The monoisotopic (exact) mass is 575 g/mol. The van der Waals surface area contributed by atoms with Crippen LogP contribution >= 0.6 is 34.4 Å². The van der Waals surface area contributed by atoms with Gasteiger partial charge in [0.1, 0.15) is 11.5 Å². The standard InChI is InChI=1S/C26H29N3O6S3/c1-15-9-10-17-19(11-15)38-26(29(17)12-22(32)34-2)28-21(31)14-36-13-20(30)27-24-23(25(33)35-3)16-7-5-4-6-8-18(16)37-24/h9-11H,4-8,12-14H2,1-3H3,(H,27,30). The van der Waals surface area contributed by atoms with E-state index < -0.39 is 17.8 Å². The average molecular weight is 576 g/mol. The van der Waals surface area contributed by atoms with Crippen molar-refractivity contribution in [1.82, 2.24) is 4.57 Å². The van der Waals surface area contributed by atoms with E-state index in [9.17, 15) is 19.2 Å². The number of nitrogens with one attached hydrogen (secondary N) is 1. The first kappa shape index (κ1) is 28.1. The first-order valence-corrected chi connectivity index (χ1v) is 14.9. The molecule has 0 unspecified atom stereocenters. The van der Waals surface area contributed by atoms with Gasteiger partial charge in [0, 0.05) is 4.88 Å². The second-order valence-electron chi connectivity index (χ2n) is 8.82. The van der Waals surface area contributed by atoms with Gasteiger partial charge in [0.15, 0.2) is 4.80 Å². The van der Waals surface area contributed by atoms with E-state index in [0.717, 1.165) is 70.1 Å². The van der Waals surface area contributed by atoms with Crippen molar-refractivity contribution in [3.05, 3.63) is 44.6 Å². The molecule has 0 bridgehead atoms. The molecule has 4 rings (SSSR count). The fourth-order valence-electron chi connectivity index (χ4n) is 4.29. The zero-order valence-corrected chi connectivity index (χ0v) is 23.9. The molecule has 0 atom stereocenters. The van der Waals surface area contributed by atoms with Crippen LogP contribution in [-0.4, -0.2) is 54.0 Å². The molecule has 0 fully saturated rings. The summed E-state index contributed by atoms with van der Waals surface area (Å²) in [5.41, 5.74) is 3.28. The van der Waals surface area contributed by atoms with Crippen LogP contribution in [0.3, 0.4) is 0 Å². The number of thioether (sulfide) groups is 1. The third-order valence-corrected chi connectivity index (χ3v) is 9.26. The van der Waals surface area contributed by atoms with Crippen LogP contribution in [0.1, 0.15) is 45.6 Å². The van der Waals surface area contributed by atoms with E-state index >= 15 is 0 Å². The summed E-state index contributed by atoms with van der Waals surface area (Å²) in [6, 6.07) is 5.79.